The van der Waals surface area contributed by atoms with Crippen molar-refractivity contribution in [2.45, 2.75) is 19.3 Å². The van der Waals surface area contributed by atoms with Crippen LogP contribution >= 0.6 is 0 Å². The standard InChI is InChI=1S/C13H14N2O2/c1-17-12-5-4-9-2-3-10(6-11(9)7-12)13(16)8-15-14/h4-5,7-8,10H,2-3,6H2,1H3. The maximum absolute atomic E-state index is 11.6. The van der Waals surface area contributed by atoms with Gasteiger partial charge in [0.15, 0.2) is 0 Å². The van der Waals surface area contributed by atoms with Crippen molar-refractivity contribution in [3.63, 3.8) is 0 Å². The lowest BCUT2D eigenvalue weighted by atomic mass is 9.82. The van der Waals surface area contributed by atoms with Gasteiger partial charge in [-0.05, 0) is 42.5 Å². The van der Waals surface area contributed by atoms with E-state index < -0.39 is 0 Å². The summed E-state index contributed by atoms with van der Waals surface area (Å²) in [6, 6.07) is 5.97. The van der Waals surface area contributed by atoms with Crippen LogP contribution in [0.5, 0.6) is 5.75 Å². The van der Waals surface area contributed by atoms with Gasteiger partial charge in [-0.2, -0.15) is 4.79 Å². The third kappa shape index (κ3) is 2.43. The van der Waals surface area contributed by atoms with Gasteiger partial charge in [0.25, 0.3) is 0 Å². The first-order valence-electron chi connectivity index (χ1n) is 5.61. The third-order valence-electron chi connectivity index (χ3n) is 3.23. The molecule has 0 radical (unpaired) electrons. The molecule has 0 aromatic heterocycles. The molecular weight excluding hydrogens is 216 g/mol. The molecule has 4 nitrogen and oxygen atoms in total. The minimum absolute atomic E-state index is 0.0782. The molecule has 0 bridgehead atoms. The van der Waals surface area contributed by atoms with E-state index in [0.717, 1.165) is 30.4 Å². The van der Waals surface area contributed by atoms with Gasteiger partial charge in [0.2, 0.25) is 5.78 Å². The molecule has 1 atom stereocenters. The van der Waals surface area contributed by atoms with E-state index in [9.17, 15) is 4.79 Å². The van der Waals surface area contributed by atoms with Crippen molar-refractivity contribution in [1.82, 2.24) is 0 Å². The molecular formula is C13H14N2O2. The van der Waals surface area contributed by atoms with Crippen molar-refractivity contribution in [2.75, 3.05) is 7.11 Å². The van der Waals surface area contributed by atoms with Gasteiger partial charge in [0, 0.05) is 5.92 Å². The van der Waals surface area contributed by atoms with E-state index in [1.165, 1.54) is 5.56 Å². The van der Waals surface area contributed by atoms with Crippen LogP contribution < -0.4 is 4.74 Å². The molecule has 0 heterocycles. The monoisotopic (exact) mass is 230 g/mol. The quantitative estimate of drug-likeness (QED) is 0.450. The average Bonchev–Trinajstić information content (AvgIpc) is 2.37. The molecule has 0 saturated heterocycles. The Morgan fingerprint density at radius 1 is 1.53 bits per heavy atom. The zero-order valence-electron chi connectivity index (χ0n) is 9.72. The van der Waals surface area contributed by atoms with Gasteiger partial charge in [0.1, 0.15) is 5.75 Å². The summed E-state index contributed by atoms with van der Waals surface area (Å²) in [6.07, 6.45) is 3.38. The molecule has 0 saturated carbocycles. The number of ether oxygens (including phenoxy) is 1. The van der Waals surface area contributed by atoms with Crippen molar-refractivity contribution in [2.24, 2.45) is 5.92 Å². The van der Waals surface area contributed by atoms with Crippen LogP contribution in [0, 0.1) is 5.92 Å². The van der Waals surface area contributed by atoms with Crippen LogP contribution in [-0.2, 0) is 17.6 Å². The molecule has 0 fully saturated rings. The lowest BCUT2D eigenvalue weighted by molar-refractivity contribution is -0.119. The molecule has 0 amide bonds. The number of carbonyl (C=O) groups is 1. The highest BCUT2D eigenvalue weighted by Crippen LogP contribution is 2.28. The normalized spacial score (nSPS) is 17.8. The Labute approximate surface area is 99.8 Å². The molecule has 1 aliphatic rings. The summed E-state index contributed by atoms with van der Waals surface area (Å²) in [7, 11) is 1.63. The predicted molar refractivity (Wildman–Crippen MR) is 63.2 cm³/mol. The maximum atomic E-state index is 11.6. The van der Waals surface area contributed by atoms with Crippen LogP contribution in [0.25, 0.3) is 5.53 Å². The Balaban J connectivity index is 2.22. The minimum atomic E-state index is -0.110. The van der Waals surface area contributed by atoms with E-state index in [1.54, 1.807) is 7.11 Å². The Kier molecular flexibility index (Phi) is 3.35. The van der Waals surface area contributed by atoms with Crippen molar-refractivity contribution < 1.29 is 14.3 Å². The highest BCUT2D eigenvalue weighted by molar-refractivity contribution is 6.26. The summed E-state index contributed by atoms with van der Waals surface area (Å²) >= 11 is 0. The SMILES string of the molecule is COc1ccc2c(c1)CC(C(=O)C=[N+]=[N-])CC2. The molecule has 1 aromatic rings. The highest BCUT2D eigenvalue weighted by atomic mass is 16.5. The fraction of sp³-hybridized carbons (Fsp3) is 0.385. The molecule has 4 heteroatoms. The minimum Gasteiger partial charge on any atom is -0.497 e. The Bertz CT molecular complexity index is 490. The van der Waals surface area contributed by atoms with Gasteiger partial charge >= 0.3 is 6.21 Å². The van der Waals surface area contributed by atoms with Gasteiger partial charge in [-0.3, -0.25) is 4.79 Å². The lowest BCUT2D eigenvalue weighted by Gasteiger charge is -2.21. The van der Waals surface area contributed by atoms with E-state index in [2.05, 4.69) is 10.9 Å². The Hall–Kier alpha value is -1.93. The predicted octanol–water partition coefficient (Wildman–Crippen LogP) is 1.67. The van der Waals surface area contributed by atoms with Gasteiger partial charge in [-0.1, -0.05) is 6.07 Å². The fourth-order valence-electron chi connectivity index (χ4n) is 2.27. The average molecular weight is 230 g/mol. The second kappa shape index (κ2) is 4.93. The van der Waals surface area contributed by atoms with Gasteiger partial charge in [-0.25, -0.2) is 0 Å². The molecule has 2 rings (SSSR count). The van der Waals surface area contributed by atoms with Crippen molar-refractivity contribution >= 4 is 12.0 Å². The van der Waals surface area contributed by atoms with Crippen molar-refractivity contribution in [3.8, 4) is 5.75 Å². The number of benzene rings is 1. The highest BCUT2D eigenvalue weighted by Gasteiger charge is 2.25. The first-order valence-corrected chi connectivity index (χ1v) is 5.61. The van der Waals surface area contributed by atoms with Crippen LogP contribution in [-0.4, -0.2) is 23.9 Å². The zero-order chi connectivity index (χ0) is 12.3. The number of aryl methyl sites for hydroxylation is 1. The molecule has 0 aliphatic heterocycles. The number of nitrogens with zero attached hydrogens (tertiary/aromatic N) is 2. The lowest BCUT2D eigenvalue weighted by Crippen LogP contribution is -2.23. The Morgan fingerprint density at radius 2 is 2.35 bits per heavy atom. The molecule has 0 spiro atoms. The molecule has 88 valence electrons. The van der Waals surface area contributed by atoms with Crippen LogP contribution in [0.3, 0.4) is 0 Å². The number of hydrogen-bond acceptors (Lipinski definition) is 2. The second-order valence-corrected chi connectivity index (χ2v) is 4.22. The summed E-state index contributed by atoms with van der Waals surface area (Å²) in [6.45, 7) is 0. The van der Waals surface area contributed by atoms with Gasteiger partial charge in [-0.15, -0.1) is 0 Å². The van der Waals surface area contributed by atoms with E-state index in [-0.39, 0.29) is 11.7 Å². The van der Waals surface area contributed by atoms with Crippen LogP contribution in [0.15, 0.2) is 18.2 Å². The number of fused-ring (bicyclic) bond motifs is 1. The summed E-state index contributed by atoms with van der Waals surface area (Å²) in [5.74, 6) is 0.624. The molecule has 1 aromatic carbocycles. The maximum Gasteiger partial charge on any atom is 0.323 e. The molecule has 17 heavy (non-hydrogen) atoms. The molecule has 1 unspecified atom stereocenters. The largest absolute Gasteiger partial charge is 0.497 e. The number of ketones is 1. The first-order chi connectivity index (χ1) is 8.24. The third-order valence-corrected chi connectivity index (χ3v) is 3.23. The second-order valence-electron chi connectivity index (χ2n) is 4.22. The fourth-order valence-corrected chi connectivity index (χ4v) is 2.27. The zero-order valence-corrected chi connectivity index (χ0v) is 9.72. The van der Waals surface area contributed by atoms with E-state index in [4.69, 9.17) is 10.3 Å². The van der Waals surface area contributed by atoms with E-state index in [1.807, 2.05) is 12.1 Å². The summed E-state index contributed by atoms with van der Waals surface area (Å²) in [5.41, 5.74) is 10.8. The Morgan fingerprint density at radius 3 is 3.06 bits per heavy atom. The van der Waals surface area contributed by atoms with Crippen molar-refractivity contribution in [1.29, 1.82) is 0 Å². The van der Waals surface area contributed by atoms with E-state index >= 15 is 0 Å². The summed E-state index contributed by atoms with van der Waals surface area (Å²) in [4.78, 5) is 14.4. The smallest absolute Gasteiger partial charge is 0.323 e. The summed E-state index contributed by atoms with van der Waals surface area (Å²) < 4.78 is 5.17. The number of methoxy groups -OCH3 is 1. The van der Waals surface area contributed by atoms with Crippen LogP contribution in [0.4, 0.5) is 0 Å². The number of hydrogen-bond donors (Lipinski definition) is 0. The topological polar surface area (TPSA) is 62.7 Å². The first kappa shape index (κ1) is 11.6. The van der Waals surface area contributed by atoms with Crippen LogP contribution in [0.1, 0.15) is 17.5 Å². The van der Waals surface area contributed by atoms with Gasteiger partial charge < -0.3 is 10.3 Å². The van der Waals surface area contributed by atoms with Crippen LogP contribution in [0.2, 0.25) is 0 Å². The number of carbonyl (C=O) groups excluding carboxylic acids is 1. The molecule has 1 aliphatic carbocycles. The number of rotatable bonds is 3. The number of Topliss-reactive ketones (excluding diaryl/α,β-unsaturated/α-hetero) is 1. The van der Waals surface area contributed by atoms with Crippen molar-refractivity contribution in [3.05, 3.63) is 34.9 Å². The molecule has 0 N–H and O–H groups in total. The summed E-state index contributed by atoms with van der Waals surface area (Å²) in [5, 5.41) is 0. The van der Waals surface area contributed by atoms with E-state index in [0.29, 0.717) is 6.42 Å². The van der Waals surface area contributed by atoms with Gasteiger partial charge in [0.05, 0.1) is 7.11 Å².